The summed E-state index contributed by atoms with van der Waals surface area (Å²) in [4.78, 5) is 5.18. The van der Waals surface area contributed by atoms with Crippen LogP contribution in [0.15, 0.2) is 30.5 Å². The third kappa shape index (κ3) is 3.01. The molecular formula is C24H29F2N3O. The van der Waals surface area contributed by atoms with Gasteiger partial charge < -0.3 is 15.4 Å². The molecule has 4 nitrogen and oxygen atoms in total. The molecule has 1 aliphatic heterocycles. The number of halogens is 2. The number of anilines is 1. The van der Waals surface area contributed by atoms with Crippen molar-refractivity contribution in [2.45, 2.75) is 52.3 Å². The van der Waals surface area contributed by atoms with E-state index in [1.807, 2.05) is 57.8 Å². The van der Waals surface area contributed by atoms with Gasteiger partial charge in [-0.2, -0.15) is 0 Å². The number of para-hydroxylation sites is 1. The molecule has 2 atom stereocenters. The van der Waals surface area contributed by atoms with Gasteiger partial charge in [0.25, 0.3) is 0 Å². The minimum absolute atomic E-state index is 0.0629. The van der Waals surface area contributed by atoms with E-state index in [9.17, 15) is 5.11 Å². The first kappa shape index (κ1) is 20.8. The van der Waals surface area contributed by atoms with E-state index in [0.717, 1.165) is 10.9 Å². The average molecular weight is 414 g/mol. The molecule has 2 aromatic carbocycles. The number of hydrogen-bond donors (Lipinski definition) is 3. The smallest absolute Gasteiger partial charge is 0.141 e. The summed E-state index contributed by atoms with van der Waals surface area (Å²) in [5, 5.41) is 15.2. The number of benzene rings is 2. The lowest BCUT2D eigenvalue weighted by Gasteiger charge is -2.47. The summed E-state index contributed by atoms with van der Waals surface area (Å²) >= 11 is 0. The van der Waals surface area contributed by atoms with E-state index < -0.39 is 29.3 Å². The standard InChI is InChI=1S/C24H29F2N3O/c1-6-29(7-2)22-19-17(28-24(4,5)23(22)30)11-16(25)18(20(19)26)15-10-8-9-14-13(3)12-27-21(14)15/h8-12,22-23,27-28,30H,6-7H2,1-5H3/t22-,23+/m0/s1. The Morgan fingerprint density at radius 1 is 1.17 bits per heavy atom. The molecule has 0 saturated heterocycles. The molecule has 3 N–H and O–H groups in total. The number of hydrogen-bond acceptors (Lipinski definition) is 3. The van der Waals surface area contributed by atoms with E-state index in [2.05, 4.69) is 10.3 Å². The molecule has 0 radical (unpaired) electrons. The minimum Gasteiger partial charge on any atom is -0.389 e. The van der Waals surface area contributed by atoms with Crippen LogP contribution in [0, 0.1) is 18.6 Å². The van der Waals surface area contributed by atoms with Gasteiger partial charge >= 0.3 is 0 Å². The molecule has 0 spiro atoms. The monoisotopic (exact) mass is 413 g/mol. The number of aliphatic hydroxyl groups is 1. The first-order chi connectivity index (χ1) is 14.2. The average Bonchev–Trinajstić information content (AvgIpc) is 3.07. The van der Waals surface area contributed by atoms with Crippen molar-refractivity contribution < 1.29 is 13.9 Å². The maximum atomic E-state index is 16.1. The van der Waals surface area contributed by atoms with Gasteiger partial charge in [0.05, 0.1) is 28.8 Å². The summed E-state index contributed by atoms with van der Waals surface area (Å²) in [5.41, 5.74) is 2.14. The molecule has 1 aliphatic rings. The molecule has 2 heterocycles. The van der Waals surface area contributed by atoms with Crippen molar-refractivity contribution in [2.75, 3.05) is 18.4 Å². The van der Waals surface area contributed by atoms with Crippen molar-refractivity contribution in [1.29, 1.82) is 0 Å². The van der Waals surface area contributed by atoms with Crippen LogP contribution in [0.25, 0.3) is 22.0 Å². The largest absolute Gasteiger partial charge is 0.389 e. The Morgan fingerprint density at radius 2 is 1.87 bits per heavy atom. The number of likely N-dealkylation sites (N-methyl/N-ethyl adjacent to an activating group) is 1. The van der Waals surface area contributed by atoms with Crippen LogP contribution in [0.1, 0.15) is 44.9 Å². The van der Waals surface area contributed by atoms with E-state index in [-0.39, 0.29) is 5.56 Å². The summed E-state index contributed by atoms with van der Waals surface area (Å²) in [7, 11) is 0. The zero-order valence-electron chi connectivity index (χ0n) is 18.1. The quantitative estimate of drug-likeness (QED) is 0.539. The zero-order valence-corrected chi connectivity index (χ0v) is 18.1. The molecule has 0 bridgehead atoms. The normalized spacial score (nSPS) is 20.4. The van der Waals surface area contributed by atoms with Crippen molar-refractivity contribution in [2.24, 2.45) is 0 Å². The molecule has 0 fully saturated rings. The third-order valence-corrected chi connectivity index (χ3v) is 6.44. The fraction of sp³-hybridized carbons (Fsp3) is 0.417. The van der Waals surface area contributed by atoms with Crippen molar-refractivity contribution >= 4 is 16.6 Å². The third-order valence-electron chi connectivity index (χ3n) is 6.44. The number of nitrogens with one attached hydrogen (secondary N) is 2. The summed E-state index contributed by atoms with van der Waals surface area (Å²) < 4.78 is 31.4. The number of fused-ring (bicyclic) bond motifs is 2. The number of H-pyrrole nitrogens is 1. The Balaban J connectivity index is 2.01. The fourth-order valence-corrected chi connectivity index (χ4v) is 4.75. The molecule has 1 aromatic heterocycles. The second-order valence-corrected chi connectivity index (χ2v) is 8.67. The van der Waals surface area contributed by atoms with Crippen LogP contribution in [0.4, 0.5) is 14.5 Å². The topological polar surface area (TPSA) is 51.3 Å². The number of aryl methyl sites for hydroxylation is 1. The first-order valence-electron chi connectivity index (χ1n) is 10.5. The van der Waals surface area contributed by atoms with Gasteiger partial charge in [-0.05, 0) is 45.5 Å². The van der Waals surface area contributed by atoms with Gasteiger partial charge in [-0.3, -0.25) is 4.90 Å². The first-order valence-corrected chi connectivity index (χ1v) is 10.5. The van der Waals surface area contributed by atoms with Crippen LogP contribution in [-0.2, 0) is 0 Å². The second-order valence-electron chi connectivity index (χ2n) is 8.67. The van der Waals surface area contributed by atoms with E-state index in [4.69, 9.17) is 0 Å². The lowest BCUT2D eigenvalue weighted by atomic mass is 9.80. The fourth-order valence-electron chi connectivity index (χ4n) is 4.75. The Bertz CT molecular complexity index is 1100. The summed E-state index contributed by atoms with van der Waals surface area (Å²) in [5.74, 6) is -1.24. The molecule has 0 amide bonds. The highest BCUT2D eigenvalue weighted by Crippen LogP contribution is 2.46. The number of rotatable bonds is 4. The van der Waals surface area contributed by atoms with E-state index in [0.29, 0.717) is 35.4 Å². The Hall–Kier alpha value is -2.44. The Morgan fingerprint density at radius 3 is 2.53 bits per heavy atom. The Kier molecular flexibility index (Phi) is 5.11. The van der Waals surface area contributed by atoms with Gasteiger partial charge in [0, 0.05) is 28.4 Å². The van der Waals surface area contributed by atoms with Crippen molar-refractivity contribution in [1.82, 2.24) is 9.88 Å². The van der Waals surface area contributed by atoms with E-state index >= 15 is 8.78 Å². The minimum atomic E-state index is -0.860. The van der Waals surface area contributed by atoms with Crippen molar-refractivity contribution in [3.05, 3.63) is 53.2 Å². The lowest BCUT2D eigenvalue weighted by Crippen LogP contribution is -2.55. The highest BCUT2D eigenvalue weighted by atomic mass is 19.1. The lowest BCUT2D eigenvalue weighted by molar-refractivity contribution is 0.00979. The number of aromatic amines is 1. The highest BCUT2D eigenvalue weighted by molar-refractivity contribution is 5.96. The van der Waals surface area contributed by atoms with Gasteiger partial charge in [-0.25, -0.2) is 8.78 Å². The number of aliphatic hydroxyl groups excluding tert-OH is 1. The Labute approximate surface area is 175 Å². The summed E-state index contributed by atoms with van der Waals surface area (Å²) in [6.45, 7) is 10.9. The van der Waals surface area contributed by atoms with E-state index in [1.54, 1.807) is 6.07 Å². The SMILES string of the molecule is CCN(CC)[C@H]1c2c(cc(F)c(-c3cccc4c(C)c[nH]c34)c2F)NC(C)(C)[C@@H]1O. The molecule has 0 aliphatic carbocycles. The van der Waals surface area contributed by atoms with Crippen LogP contribution >= 0.6 is 0 Å². The van der Waals surface area contributed by atoms with Crippen LogP contribution in [0.2, 0.25) is 0 Å². The van der Waals surface area contributed by atoms with Crippen molar-refractivity contribution in [3.8, 4) is 11.1 Å². The predicted molar refractivity (Wildman–Crippen MR) is 118 cm³/mol. The molecule has 6 heteroatoms. The van der Waals surface area contributed by atoms with Crippen LogP contribution in [-0.4, -0.2) is 39.7 Å². The maximum absolute atomic E-state index is 16.1. The zero-order chi connectivity index (χ0) is 21.8. The summed E-state index contributed by atoms with van der Waals surface area (Å²) in [6.07, 6.45) is 0.982. The summed E-state index contributed by atoms with van der Waals surface area (Å²) in [6, 6.07) is 6.28. The van der Waals surface area contributed by atoms with Crippen LogP contribution in [0.5, 0.6) is 0 Å². The van der Waals surface area contributed by atoms with Gasteiger partial charge in [-0.1, -0.05) is 32.0 Å². The number of nitrogens with zero attached hydrogens (tertiary/aromatic N) is 1. The van der Waals surface area contributed by atoms with Crippen LogP contribution < -0.4 is 5.32 Å². The van der Waals surface area contributed by atoms with Gasteiger partial charge in [0.1, 0.15) is 11.6 Å². The second kappa shape index (κ2) is 7.36. The molecule has 0 saturated carbocycles. The predicted octanol–water partition coefficient (Wildman–Crippen LogP) is 5.37. The van der Waals surface area contributed by atoms with Crippen LogP contribution in [0.3, 0.4) is 0 Å². The number of aromatic nitrogens is 1. The maximum Gasteiger partial charge on any atom is 0.141 e. The molecule has 0 unspecified atom stereocenters. The molecule has 4 rings (SSSR count). The molecule has 3 aromatic rings. The van der Waals surface area contributed by atoms with Gasteiger partial charge in [0.2, 0.25) is 0 Å². The molecule has 160 valence electrons. The van der Waals surface area contributed by atoms with Gasteiger partial charge in [-0.15, -0.1) is 0 Å². The highest BCUT2D eigenvalue weighted by Gasteiger charge is 2.45. The van der Waals surface area contributed by atoms with Gasteiger partial charge in [0.15, 0.2) is 0 Å². The van der Waals surface area contributed by atoms with E-state index in [1.165, 1.54) is 6.07 Å². The molecule has 30 heavy (non-hydrogen) atoms. The molecular weight excluding hydrogens is 384 g/mol. The van der Waals surface area contributed by atoms with Crippen molar-refractivity contribution in [3.63, 3.8) is 0 Å².